The summed E-state index contributed by atoms with van der Waals surface area (Å²) in [5.74, 6) is 0.169. The number of hydrogen-bond acceptors (Lipinski definition) is 9. The smallest absolute Gasteiger partial charge is 0.465 e. The Hall–Kier alpha value is -1.87. The summed E-state index contributed by atoms with van der Waals surface area (Å²) in [7, 11) is 0. The van der Waals surface area contributed by atoms with Gasteiger partial charge in [-0.05, 0) is 64.0 Å². The fourth-order valence-corrected chi connectivity index (χ4v) is 7.01. The van der Waals surface area contributed by atoms with Crippen LogP contribution in [-0.4, -0.2) is 93.1 Å². The summed E-state index contributed by atoms with van der Waals surface area (Å²) in [6, 6.07) is 0. The van der Waals surface area contributed by atoms with Gasteiger partial charge in [0, 0.05) is 39.0 Å². The molecule has 0 radical (unpaired) electrons. The summed E-state index contributed by atoms with van der Waals surface area (Å²) in [4.78, 5) is 42.5. The van der Waals surface area contributed by atoms with Gasteiger partial charge in [0.05, 0.1) is 6.61 Å². The molecule has 9 nitrogen and oxygen atoms in total. The van der Waals surface area contributed by atoms with E-state index in [1.807, 2.05) is 0 Å². The van der Waals surface area contributed by atoms with E-state index in [-0.39, 0.29) is 24.6 Å². The van der Waals surface area contributed by atoms with Crippen LogP contribution in [0.5, 0.6) is 0 Å². The number of hydrogen-bond donors (Lipinski definition) is 0. The fourth-order valence-electron chi connectivity index (χ4n) is 7.01. The van der Waals surface area contributed by atoms with Gasteiger partial charge in [0.15, 0.2) is 0 Å². The number of rotatable bonds is 41. The van der Waals surface area contributed by atoms with Gasteiger partial charge in [0.2, 0.25) is 0 Å². The Morgan fingerprint density at radius 2 is 0.891 bits per heavy atom. The summed E-state index contributed by atoms with van der Waals surface area (Å²) in [6.07, 6.45) is 26.8. The van der Waals surface area contributed by atoms with Crippen LogP contribution in [0.25, 0.3) is 0 Å². The summed E-state index contributed by atoms with van der Waals surface area (Å²) < 4.78 is 22.7. The van der Waals surface area contributed by atoms with Gasteiger partial charge in [-0.3, -0.25) is 14.5 Å². The quantitative estimate of drug-likeness (QED) is 0.0341. The van der Waals surface area contributed by atoms with Crippen molar-refractivity contribution in [2.45, 2.75) is 215 Å². The number of esters is 2. The Labute approximate surface area is 340 Å². The molecule has 0 aliphatic heterocycles. The van der Waals surface area contributed by atoms with Crippen LogP contribution in [0.4, 0.5) is 4.79 Å². The minimum atomic E-state index is -0.652. The van der Waals surface area contributed by atoms with E-state index in [1.54, 1.807) is 0 Å². The van der Waals surface area contributed by atoms with Crippen molar-refractivity contribution < 1.29 is 33.3 Å². The minimum absolute atomic E-state index is 0.126. The summed E-state index contributed by atoms with van der Waals surface area (Å²) >= 11 is 0. The van der Waals surface area contributed by atoms with Gasteiger partial charge >= 0.3 is 18.1 Å². The SMILES string of the molecule is CCCCCCCCCCCC(=O)OCCN(CCOC(=O)OC(CCCCCC)CCCC(=O)OCC(CCCC)CCCCCC)CCN(CC)CC. The summed E-state index contributed by atoms with van der Waals surface area (Å²) in [5.41, 5.74) is 0. The van der Waals surface area contributed by atoms with Crippen LogP contribution in [0.15, 0.2) is 0 Å². The number of unbranched alkanes of at least 4 members (excludes halogenated alkanes) is 15. The van der Waals surface area contributed by atoms with Crippen molar-refractivity contribution in [3.05, 3.63) is 0 Å². The van der Waals surface area contributed by atoms with E-state index < -0.39 is 6.16 Å². The second kappa shape index (κ2) is 40.3. The van der Waals surface area contributed by atoms with Gasteiger partial charge < -0.3 is 23.8 Å². The molecule has 9 heteroatoms. The van der Waals surface area contributed by atoms with Gasteiger partial charge in [-0.15, -0.1) is 0 Å². The average Bonchev–Trinajstić information content (AvgIpc) is 3.18. The zero-order valence-corrected chi connectivity index (χ0v) is 37.2. The highest BCUT2D eigenvalue weighted by Gasteiger charge is 2.18. The monoisotopic (exact) mass is 783 g/mol. The number of carbonyl (C=O) groups is 3. The molecule has 0 N–H and O–H groups in total. The second-order valence-corrected chi connectivity index (χ2v) is 15.8. The largest absolute Gasteiger partial charge is 0.508 e. The highest BCUT2D eigenvalue weighted by Crippen LogP contribution is 2.20. The lowest BCUT2D eigenvalue weighted by Crippen LogP contribution is -2.39. The molecule has 0 aromatic heterocycles. The molecule has 0 spiro atoms. The molecule has 326 valence electrons. The van der Waals surface area contributed by atoms with E-state index in [1.165, 1.54) is 77.0 Å². The van der Waals surface area contributed by atoms with Crippen molar-refractivity contribution in [3.8, 4) is 0 Å². The van der Waals surface area contributed by atoms with Crippen molar-refractivity contribution in [2.75, 3.05) is 59.1 Å². The maximum absolute atomic E-state index is 12.9. The Morgan fingerprint density at radius 1 is 0.436 bits per heavy atom. The van der Waals surface area contributed by atoms with Gasteiger partial charge in [0.1, 0.15) is 19.3 Å². The van der Waals surface area contributed by atoms with Crippen LogP contribution in [-0.2, 0) is 28.5 Å². The molecule has 55 heavy (non-hydrogen) atoms. The van der Waals surface area contributed by atoms with E-state index in [0.29, 0.717) is 57.9 Å². The topological polar surface area (TPSA) is 94.6 Å². The maximum Gasteiger partial charge on any atom is 0.508 e. The normalized spacial score (nSPS) is 12.6. The van der Waals surface area contributed by atoms with E-state index in [2.05, 4.69) is 51.3 Å². The third-order valence-electron chi connectivity index (χ3n) is 10.9. The van der Waals surface area contributed by atoms with Gasteiger partial charge in [-0.2, -0.15) is 0 Å². The van der Waals surface area contributed by atoms with Crippen LogP contribution in [0.2, 0.25) is 0 Å². The third kappa shape index (κ3) is 35.1. The van der Waals surface area contributed by atoms with Crippen molar-refractivity contribution >= 4 is 18.1 Å². The molecular formula is C46H90N2O7. The summed E-state index contributed by atoms with van der Waals surface area (Å²) in [6.45, 7) is 19.0. The van der Waals surface area contributed by atoms with Crippen LogP contribution in [0.1, 0.15) is 208 Å². The number of nitrogens with zero attached hydrogens (tertiary/aromatic N) is 2. The van der Waals surface area contributed by atoms with E-state index in [0.717, 1.165) is 90.4 Å². The predicted molar refractivity (Wildman–Crippen MR) is 229 cm³/mol. The Balaban J connectivity index is 4.79. The van der Waals surface area contributed by atoms with E-state index >= 15 is 0 Å². The molecule has 2 atom stereocenters. The Kier molecular flexibility index (Phi) is 39.0. The lowest BCUT2D eigenvalue weighted by atomic mass is 9.96. The van der Waals surface area contributed by atoms with E-state index in [4.69, 9.17) is 18.9 Å². The standard InChI is InChI=1S/C46H90N2O7/c1-7-13-17-20-21-22-23-24-27-33-44(49)52-39-37-48(36-35-47(11-5)12-6)38-40-53-46(51)55-43(31-26-19-15-9-3)32-28-34-45(50)54-41-42(29-16-10-4)30-25-18-14-8-2/h42-43H,7-41H2,1-6H3. The molecule has 0 aliphatic rings. The van der Waals surface area contributed by atoms with Crippen LogP contribution < -0.4 is 0 Å². The zero-order valence-electron chi connectivity index (χ0n) is 37.2. The molecule has 0 saturated heterocycles. The molecule has 0 amide bonds. The first kappa shape index (κ1) is 53.1. The molecule has 0 aliphatic carbocycles. The summed E-state index contributed by atoms with van der Waals surface area (Å²) in [5, 5.41) is 0. The Bertz CT molecular complexity index is 869. The molecule has 0 aromatic rings. The predicted octanol–water partition coefficient (Wildman–Crippen LogP) is 12.1. The first-order chi connectivity index (χ1) is 26.8. The van der Waals surface area contributed by atoms with Gasteiger partial charge in [-0.1, -0.05) is 151 Å². The van der Waals surface area contributed by atoms with E-state index in [9.17, 15) is 14.4 Å². The maximum atomic E-state index is 12.9. The molecule has 0 fully saturated rings. The molecule has 0 bridgehead atoms. The van der Waals surface area contributed by atoms with Crippen LogP contribution in [0.3, 0.4) is 0 Å². The molecule has 0 aromatic carbocycles. The molecule has 0 heterocycles. The zero-order chi connectivity index (χ0) is 40.6. The van der Waals surface area contributed by atoms with Crippen LogP contribution in [0, 0.1) is 5.92 Å². The highest BCUT2D eigenvalue weighted by molar-refractivity contribution is 5.69. The fraction of sp³-hybridized carbons (Fsp3) is 0.935. The number of ether oxygens (including phenoxy) is 4. The Morgan fingerprint density at radius 3 is 1.49 bits per heavy atom. The van der Waals surface area contributed by atoms with Crippen LogP contribution >= 0.6 is 0 Å². The molecule has 0 saturated carbocycles. The lowest BCUT2D eigenvalue weighted by molar-refractivity contribution is -0.145. The first-order valence-corrected chi connectivity index (χ1v) is 23.4. The van der Waals surface area contributed by atoms with Crippen molar-refractivity contribution in [2.24, 2.45) is 5.92 Å². The van der Waals surface area contributed by atoms with Gasteiger partial charge in [0.25, 0.3) is 0 Å². The van der Waals surface area contributed by atoms with Crippen molar-refractivity contribution in [1.82, 2.24) is 9.80 Å². The average molecular weight is 783 g/mol. The number of likely N-dealkylation sites (N-methyl/N-ethyl adjacent to an activating group) is 1. The van der Waals surface area contributed by atoms with Crippen molar-refractivity contribution in [3.63, 3.8) is 0 Å². The lowest BCUT2D eigenvalue weighted by Gasteiger charge is -2.26. The van der Waals surface area contributed by atoms with Gasteiger partial charge in [-0.25, -0.2) is 4.79 Å². The van der Waals surface area contributed by atoms with Crippen molar-refractivity contribution in [1.29, 1.82) is 0 Å². The minimum Gasteiger partial charge on any atom is -0.465 e. The third-order valence-corrected chi connectivity index (χ3v) is 10.9. The molecular weight excluding hydrogens is 693 g/mol. The number of carbonyl (C=O) groups excluding carboxylic acids is 3. The highest BCUT2D eigenvalue weighted by atomic mass is 16.7. The molecule has 0 rings (SSSR count). The first-order valence-electron chi connectivity index (χ1n) is 23.4. The second-order valence-electron chi connectivity index (χ2n) is 15.8. The molecule has 2 unspecified atom stereocenters.